The van der Waals surface area contributed by atoms with Crippen molar-refractivity contribution in [3.63, 3.8) is 0 Å². The molecule has 32 heavy (non-hydrogen) atoms. The summed E-state index contributed by atoms with van der Waals surface area (Å²) in [5, 5.41) is 2.56. The van der Waals surface area contributed by atoms with Gasteiger partial charge in [-0.05, 0) is 35.7 Å². The number of para-hydroxylation sites is 3. The zero-order chi connectivity index (χ0) is 21.5. The zero-order valence-electron chi connectivity index (χ0n) is 18.0. The van der Waals surface area contributed by atoms with Gasteiger partial charge in [0.05, 0.1) is 11.0 Å². The molecule has 0 aliphatic carbocycles. The van der Waals surface area contributed by atoms with Crippen LogP contribution in [-0.4, -0.2) is 4.57 Å². The number of aryl methyl sites for hydroxylation is 1. The Morgan fingerprint density at radius 3 is 1.66 bits per heavy atom. The molecule has 152 valence electrons. The summed E-state index contributed by atoms with van der Waals surface area (Å²) < 4.78 is 2.45. The lowest BCUT2D eigenvalue weighted by Gasteiger charge is -2.14. The molecule has 0 aliphatic rings. The number of rotatable bonds is 3. The third-order valence-corrected chi connectivity index (χ3v) is 6.34. The number of benzene rings is 5. The Morgan fingerprint density at radius 1 is 0.438 bits per heavy atom. The first-order chi connectivity index (χ1) is 15.8. The molecule has 0 bridgehead atoms. The monoisotopic (exact) mass is 409 g/mol. The van der Waals surface area contributed by atoms with E-state index in [4.69, 9.17) is 0 Å². The van der Waals surface area contributed by atoms with Gasteiger partial charge < -0.3 is 4.57 Å². The SMILES string of the molecule is Cc1ccccc1-c1cccc2c3cccc(-c4ccccc4)c3n(-c3ccccc3)c12. The van der Waals surface area contributed by atoms with Crippen molar-refractivity contribution in [3.8, 4) is 27.9 Å². The third kappa shape index (κ3) is 2.86. The predicted molar refractivity (Wildman–Crippen MR) is 136 cm³/mol. The van der Waals surface area contributed by atoms with Crippen LogP contribution in [0, 0.1) is 6.92 Å². The van der Waals surface area contributed by atoms with Gasteiger partial charge in [0, 0.05) is 27.6 Å². The molecule has 0 aliphatic heterocycles. The zero-order valence-corrected chi connectivity index (χ0v) is 18.0. The van der Waals surface area contributed by atoms with Crippen LogP contribution in [0.1, 0.15) is 5.56 Å². The van der Waals surface area contributed by atoms with Gasteiger partial charge in [-0.15, -0.1) is 0 Å². The Labute approximate surface area is 188 Å². The largest absolute Gasteiger partial charge is 0.308 e. The summed E-state index contributed by atoms with van der Waals surface area (Å²) in [6.07, 6.45) is 0. The minimum absolute atomic E-state index is 1.18. The van der Waals surface area contributed by atoms with E-state index in [2.05, 4.69) is 133 Å². The van der Waals surface area contributed by atoms with Crippen molar-refractivity contribution in [2.24, 2.45) is 0 Å². The normalized spacial score (nSPS) is 11.3. The lowest BCUT2D eigenvalue weighted by Crippen LogP contribution is -1.97. The molecule has 0 saturated heterocycles. The fourth-order valence-electron chi connectivity index (χ4n) is 4.89. The second kappa shape index (κ2) is 7.55. The molecule has 1 nitrogen and oxygen atoms in total. The second-order valence-electron chi connectivity index (χ2n) is 8.26. The molecule has 0 radical (unpaired) electrons. The van der Waals surface area contributed by atoms with Crippen LogP contribution in [0.5, 0.6) is 0 Å². The van der Waals surface area contributed by atoms with E-state index in [1.807, 2.05) is 0 Å². The maximum Gasteiger partial charge on any atom is 0.0619 e. The summed E-state index contributed by atoms with van der Waals surface area (Å²) in [6.45, 7) is 2.19. The van der Waals surface area contributed by atoms with Crippen molar-refractivity contribution in [1.29, 1.82) is 0 Å². The van der Waals surface area contributed by atoms with E-state index in [9.17, 15) is 0 Å². The van der Waals surface area contributed by atoms with E-state index >= 15 is 0 Å². The van der Waals surface area contributed by atoms with E-state index in [1.165, 1.54) is 55.3 Å². The van der Waals surface area contributed by atoms with Crippen LogP contribution in [-0.2, 0) is 0 Å². The van der Waals surface area contributed by atoms with Crippen molar-refractivity contribution >= 4 is 21.8 Å². The Kier molecular flexibility index (Phi) is 4.40. The maximum absolute atomic E-state index is 2.45. The number of hydrogen-bond acceptors (Lipinski definition) is 0. The van der Waals surface area contributed by atoms with E-state index in [0.717, 1.165) is 0 Å². The van der Waals surface area contributed by atoms with Crippen LogP contribution < -0.4 is 0 Å². The molecule has 0 atom stereocenters. The van der Waals surface area contributed by atoms with Gasteiger partial charge in [-0.1, -0.05) is 109 Å². The van der Waals surface area contributed by atoms with Crippen LogP contribution >= 0.6 is 0 Å². The molecule has 6 rings (SSSR count). The Hall–Kier alpha value is -4.10. The van der Waals surface area contributed by atoms with Crippen LogP contribution in [0.15, 0.2) is 121 Å². The van der Waals surface area contributed by atoms with Crippen LogP contribution in [0.3, 0.4) is 0 Å². The summed E-state index contributed by atoms with van der Waals surface area (Å²) in [5.41, 5.74) is 9.99. The Bertz CT molecular complexity index is 1560. The van der Waals surface area contributed by atoms with Crippen molar-refractivity contribution in [2.75, 3.05) is 0 Å². The lowest BCUT2D eigenvalue weighted by molar-refractivity contribution is 1.18. The minimum Gasteiger partial charge on any atom is -0.308 e. The summed E-state index contributed by atoms with van der Waals surface area (Å²) in [7, 11) is 0. The summed E-state index contributed by atoms with van der Waals surface area (Å²) >= 11 is 0. The van der Waals surface area contributed by atoms with Crippen LogP contribution in [0.25, 0.3) is 49.7 Å². The fraction of sp³-hybridized carbons (Fsp3) is 0.0323. The maximum atomic E-state index is 2.45. The van der Waals surface area contributed by atoms with Gasteiger partial charge in [0.25, 0.3) is 0 Å². The molecule has 0 saturated carbocycles. The average Bonchev–Trinajstić information content (AvgIpc) is 3.20. The molecule has 0 fully saturated rings. The molecular formula is C31H23N. The van der Waals surface area contributed by atoms with Gasteiger partial charge >= 0.3 is 0 Å². The molecule has 0 amide bonds. The van der Waals surface area contributed by atoms with Gasteiger partial charge in [0.15, 0.2) is 0 Å². The molecule has 0 N–H and O–H groups in total. The summed E-state index contributed by atoms with van der Waals surface area (Å²) in [6, 6.07) is 43.5. The first-order valence-electron chi connectivity index (χ1n) is 11.1. The van der Waals surface area contributed by atoms with Crippen molar-refractivity contribution in [3.05, 3.63) is 127 Å². The second-order valence-corrected chi connectivity index (χ2v) is 8.26. The average molecular weight is 410 g/mol. The number of fused-ring (bicyclic) bond motifs is 3. The van der Waals surface area contributed by atoms with Gasteiger partial charge in [-0.3, -0.25) is 0 Å². The molecule has 0 spiro atoms. The van der Waals surface area contributed by atoms with Crippen molar-refractivity contribution in [1.82, 2.24) is 4.57 Å². The Balaban J connectivity index is 1.84. The van der Waals surface area contributed by atoms with Gasteiger partial charge in [-0.25, -0.2) is 0 Å². The van der Waals surface area contributed by atoms with Crippen LogP contribution in [0.2, 0.25) is 0 Å². The van der Waals surface area contributed by atoms with Gasteiger partial charge in [0.2, 0.25) is 0 Å². The Morgan fingerprint density at radius 2 is 0.969 bits per heavy atom. The van der Waals surface area contributed by atoms with E-state index in [0.29, 0.717) is 0 Å². The van der Waals surface area contributed by atoms with Crippen molar-refractivity contribution < 1.29 is 0 Å². The first kappa shape index (κ1) is 18.7. The summed E-state index contributed by atoms with van der Waals surface area (Å²) in [4.78, 5) is 0. The summed E-state index contributed by atoms with van der Waals surface area (Å²) in [5.74, 6) is 0. The first-order valence-corrected chi connectivity index (χ1v) is 11.1. The quantitative estimate of drug-likeness (QED) is 0.276. The van der Waals surface area contributed by atoms with Crippen molar-refractivity contribution in [2.45, 2.75) is 6.92 Å². The van der Waals surface area contributed by atoms with E-state index < -0.39 is 0 Å². The van der Waals surface area contributed by atoms with Gasteiger partial charge in [-0.2, -0.15) is 0 Å². The third-order valence-electron chi connectivity index (χ3n) is 6.34. The van der Waals surface area contributed by atoms with Gasteiger partial charge in [0.1, 0.15) is 0 Å². The molecule has 0 unspecified atom stereocenters. The highest BCUT2D eigenvalue weighted by Gasteiger charge is 2.19. The lowest BCUT2D eigenvalue weighted by atomic mass is 9.98. The molecule has 1 aromatic heterocycles. The molecule has 1 heterocycles. The molecule has 1 heteroatoms. The smallest absolute Gasteiger partial charge is 0.0619 e. The highest BCUT2D eigenvalue weighted by atomic mass is 15.0. The number of hydrogen-bond donors (Lipinski definition) is 0. The molecular weight excluding hydrogens is 386 g/mol. The fourth-order valence-corrected chi connectivity index (χ4v) is 4.89. The minimum atomic E-state index is 1.18. The standard InChI is InChI=1S/C31H23N/c1-22-12-8-9-17-25(22)27-19-11-21-29-28-20-10-18-26(23-13-4-2-5-14-23)30(28)32(31(27)29)24-15-6-3-7-16-24/h2-21H,1H3. The predicted octanol–water partition coefficient (Wildman–Crippen LogP) is 8.43. The molecule has 6 aromatic rings. The topological polar surface area (TPSA) is 4.93 Å². The number of aromatic nitrogens is 1. The molecule has 5 aromatic carbocycles. The van der Waals surface area contributed by atoms with E-state index in [1.54, 1.807) is 0 Å². The highest BCUT2D eigenvalue weighted by Crippen LogP contribution is 2.42. The van der Waals surface area contributed by atoms with Crippen LogP contribution in [0.4, 0.5) is 0 Å². The van der Waals surface area contributed by atoms with E-state index in [-0.39, 0.29) is 0 Å². The highest BCUT2D eigenvalue weighted by molar-refractivity contribution is 6.17. The number of nitrogens with zero attached hydrogens (tertiary/aromatic N) is 1.